The zero-order valence-corrected chi connectivity index (χ0v) is 21.9. The van der Waals surface area contributed by atoms with Gasteiger partial charge in [0.2, 0.25) is 10.0 Å². The quantitative estimate of drug-likeness (QED) is 0.286. The Morgan fingerprint density at radius 1 is 1.03 bits per heavy atom. The van der Waals surface area contributed by atoms with E-state index in [0.717, 1.165) is 15.4 Å². The van der Waals surface area contributed by atoms with Crippen LogP contribution < -0.4 is 0 Å². The Morgan fingerprint density at radius 3 is 2.22 bits per heavy atom. The number of Topliss-reactive ketones (excluding diaryl/α,β-unsaturated/α-hetero) is 1. The molecule has 1 N–H and O–H groups in total. The van der Waals surface area contributed by atoms with Crippen LogP contribution in [0.15, 0.2) is 83.5 Å². The summed E-state index contributed by atoms with van der Waals surface area (Å²) >= 11 is 0. The Hall–Kier alpha value is -3.82. The van der Waals surface area contributed by atoms with E-state index in [1.807, 2.05) is 30.3 Å². The van der Waals surface area contributed by atoms with Crippen molar-refractivity contribution < 1.29 is 23.1 Å². The molecule has 1 aliphatic heterocycles. The molecular weight excluding hydrogens is 490 g/mol. The van der Waals surface area contributed by atoms with Crippen molar-refractivity contribution in [1.82, 2.24) is 14.2 Å². The number of amides is 1. The van der Waals surface area contributed by atoms with E-state index in [9.17, 15) is 23.1 Å². The van der Waals surface area contributed by atoms with E-state index in [-0.39, 0.29) is 28.3 Å². The van der Waals surface area contributed by atoms with Crippen LogP contribution in [-0.4, -0.2) is 53.5 Å². The van der Waals surface area contributed by atoms with E-state index in [1.54, 1.807) is 18.5 Å². The van der Waals surface area contributed by atoms with Crippen molar-refractivity contribution in [3.05, 3.63) is 101 Å². The van der Waals surface area contributed by atoms with Gasteiger partial charge in [0, 0.05) is 38.6 Å². The van der Waals surface area contributed by atoms with Crippen LogP contribution in [0.4, 0.5) is 0 Å². The van der Waals surface area contributed by atoms with Crippen molar-refractivity contribution in [2.45, 2.75) is 37.2 Å². The number of carbonyl (C=O) groups is 2. The van der Waals surface area contributed by atoms with E-state index in [0.29, 0.717) is 11.5 Å². The monoisotopic (exact) mass is 519 g/mol. The number of aromatic nitrogens is 1. The van der Waals surface area contributed by atoms with Gasteiger partial charge in [0.05, 0.1) is 16.5 Å². The number of carbonyl (C=O) groups excluding carboxylic acids is 2. The molecule has 1 atom stereocenters. The fraction of sp³-hybridized carbons (Fsp3) is 0.250. The standard InChI is InChI=1S/C28H29N3O5S/c1-18(2)20-7-9-21(10-8-20)25-24(27(33)28(34)31(25)17-19-6-5-15-29-16-19)26(32)22-11-13-23(14-12-22)37(35,36)30(3)4/h5-16,18,25,32H,17H2,1-4H3/t25-/m0/s1. The predicted molar refractivity (Wildman–Crippen MR) is 140 cm³/mol. The largest absolute Gasteiger partial charge is 0.507 e. The molecule has 1 saturated heterocycles. The number of hydrogen-bond donors (Lipinski definition) is 1. The molecule has 2 aromatic carbocycles. The molecule has 0 saturated carbocycles. The van der Waals surface area contributed by atoms with Crippen molar-refractivity contribution in [1.29, 1.82) is 0 Å². The number of pyridine rings is 1. The fourth-order valence-electron chi connectivity index (χ4n) is 4.29. The third kappa shape index (κ3) is 5.05. The van der Waals surface area contributed by atoms with Gasteiger partial charge in [0.1, 0.15) is 5.76 Å². The minimum atomic E-state index is -3.67. The number of benzene rings is 2. The van der Waals surface area contributed by atoms with Crippen LogP contribution in [-0.2, 0) is 26.2 Å². The first-order valence-corrected chi connectivity index (χ1v) is 13.3. The van der Waals surface area contributed by atoms with Gasteiger partial charge in [-0.3, -0.25) is 14.6 Å². The van der Waals surface area contributed by atoms with E-state index < -0.39 is 27.8 Å². The third-order valence-electron chi connectivity index (χ3n) is 6.44. The minimum absolute atomic E-state index is 0.0468. The van der Waals surface area contributed by atoms with Crippen LogP contribution in [0, 0.1) is 0 Å². The highest BCUT2D eigenvalue weighted by atomic mass is 32.2. The number of nitrogens with zero attached hydrogens (tertiary/aromatic N) is 3. The summed E-state index contributed by atoms with van der Waals surface area (Å²) in [5, 5.41) is 11.3. The summed E-state index contributed by atoms with van der Waals surface area (Å²) in [7, 11) is -0.810. The molecule has 192 valence electrons. The number of ketones is 1. The number of hydrogen-bond acceptors (Lipinski definition) is 6. The Balaban J connectivity index is 1.83. The number of likely N-dealkylation sites (tertiary alicyclic amines) is 1. The van der Waals surface area contributed by atoms with Crippen LogP contribution in [0.25, 0.3) is 5.76 Å². The molecule has 0 bridgehead atoms. The van der Waals surface area contributed by atoms with Gasteiger partial charge in [-0.15, -0.1) is 0 Å². The second-order valence-electron chi connectivity index (χ2n) is 9.42. The molecule has 0 radical (unpaired) electrons. The Labute approximate surface area is 216 Å². The summed E-state index contributed by atoms with van der Waals surface area (Å²) in [5.74, 6) is -1.59. The number of aliphatic hydroxyl groups is 1. The summed E-state index contributed by atoms with van der Waals surface area (Å²) in [5.41, 5.74) is 2.72. The van der Waals surface area contributed by atoms with Crippen molar-refractivity contribution >= 4 is 27.5 Å². The summed E-state index contributed by atoms with van der Waals surface area (Å²) in [4.78, 5) is 32.1. The van der Waals surface area contributed by atoms with E-state index in [2.05, 4.69) is 18.8 Å². The lowest BCUT2D eigenvalue weighted by Gasteiger charge is -2.25. The van der Waals surface area contributed by atoms with Gasteiger partial charge in [-0.25, -0.2) is 12.7 Å². The second kappa shape index (κ2) is 10.3. The van der Waals surface area contributed by atoms with E-state index in [4.69, 9.17) is 0 Å². The lowest BCUT2D eigenvalue weighted by Crippen LogP contribution is -2.29. The smallest absolute Gasteiger partial charge is 0.295 e. The van der Waals surface area contributed by atoms with Gasteiger partial charge >= 0.3 is 0 Å². The first-order chi connectivity index (χ1) is 17.5. The highest BCUT2D eigenvalue weighted by molar-refractivity contribution is 7.89. The number of aliphatic hydroxyl groups excluding tert-OH is 1. The van der Waals surface area contributed by atoms with Gasteiger partial charge < -0.3 is 10.0 Å². The van der Waals surface area contributed by atoms with E-state index in [1.165, 1.54) is 43.3 Å². The fourth-order valence-corrected chi connectivity index (χ4v) is 5.19. The second-order valence-corrected chi connectivity index (χ2v) is 11.6. The molecule has 1 aromatic heterocycles. The SMILES string of the molecule is CC(C)c1ccc([C@H]2C(=C(O)c3ccc(S(=O)(=O)N(C)C)cc3)C(=O)C(=O)N2Cc2cccnc2)cc1. The molecule has 0 aliphatic carbocycles. The van der Waals surface area contributed by atoms with E-state index >= 15 is 0 Å². The van der Waals surface area contributed by atoms with Crippen LogP contribution in [0.2, 0.25) is 0 Å². The van der Waals surface area contributed by atoms with Gasteiger partial charge in [-0.05, 0) is 52.9 Å². The van der Waals surface area contributed by atoms with Gasteiger partial charge in [-0.2, -0.15) is 0 Å². The molecule has 4 rings (SSSR count). The van der Waals surface area contributed by atoms with Gasteiger partial charge in [0.15, 0.2) is 0 Å². The lowest BCUT2D eigenvalue weighted by molar-refractivity contribution is -0.140. The highest BCUT2D eigenvalue weighted by Crippen LogP contribution is 2.40. The van der Waals surface area contributed by atoms with Crippen molar-refractivity contribution in [3.63, 3.8) is 0 Å². The average Bonchev–Trinajstić information content (AvgIpc) is 3.13. The normalized spacial score (nSPS) is 17.7. The minimum Gasteiger partial charge on any atom is -0.507 e. The predicted octanol–water partition coefficient (Wildman–Crippen LogP) is 4.08. The third-order valence-corrected chi connectivity index (χ3v) is 8.27. The average molecular weight is 520 g/mol. The Kier molecular flexibility index (Phi) is 7.29. The molecule has 0 spiro atoms. The summed E-state index contributed by atoms with van der Waals surface area (Å²) in [6.45, 7) is 4.28. The summed E-state index contributed by atoms with van der Waals surface area (Å²) < 4.78 is 26.0. The molecule has 8 nitrogen and oxygen atoms in total. The number of sulfonamides is 1. The first-order valence-electron chi connectivity index (χ1n) is 11.8. The molecule has 1 amide bonds. The Morgan fingerprint density at radius 2 is 1.68 bits per heavy atom. The number of rotatable bonds is 7. The molecular formula is C28H29N3O5S. The zero-order valence-electron chi connectivity index (χ0n) is 21.1. The van der Waals surface area contributed by atoms with Crippen molar-refractivity contribution in [2.24, 2.45) is 0 Å². The topological polar surface area (TPSA) is 108 Å². The molecule has 2 heterocycles. The maximum atomic E-state index is 13.3. The lowest BCUT2D eigenvalue weighted by atomic mass is 9.93. The van der Waals surface area contributed by atoms with Crippen molar-refractivity contribution in [3.8, 4) is 0 Å². The van der Waals surface area contributed by atoms with Crippen LogP contribution in [0.1, 0.15) is 48.1 Å². The molecule has 1 aliphatic rings. The molecule has 9 heteroatoms. The van der Waals surface area contributed by atoms with Crippen LogP contribution >= 0.6 is 0 Å². The van der Waals surface area contributed by atoms with Gasteiger partial charge in [-0.1, -0.05) is 44.2 Å². The molecule has 37 heavy (non-hydrogen) atoms. The van der Waals surface area contributed by atoms with Crippen LogP contribution in [0.5, 0.6) is 0 Å². The van der Waals surface area contributed by atoms with Crippen molar-refractivity contribution in [2.75, 3.05) is 14.1 Å². The highest BCUT2D eigenvalue weighted by Gasteiger charge is 2.46. The summed E-state index contributed by atoms with van der Waals surface area (Å²) in [6, 6.07) is 16.0. The first kappa shape index (κ1) is 26.2. The molecule has 3 aromatic rings. The molecule has 1 fully saturated rings. The summed E-state index contributed by atoms with van der Waals surface area (Å²) in [6.07, 6.45) is 3.25. The Bertz CT molecular complexity index is 1450. The molecule has 0 unspecified atom stereocenters. The zero-order chi connectivity index (χ0) is 26.9. The van der Waals surface area contributed by atoms with Gasteiger partial charge in [0.25, 0.3) is 11.7 Å². The maximum Gasteiger partial charge on any atom is 0.295 e. The maximum absolute atomic E-state index is 13.3. The van der Waals surface area contributed by atoms with Crippen LogP contribution in [0.3, 0.4) is 0 Å².